The van der Waals surface area contributed by atoms with Gasteiger partial charge in [0.2, 0.25) is 0 Å². The van der Waals surface area contributed by atoms with Gasteiger partial charge in [-0.3, -0.25) is 4.99 Å². The zero-order valence-corrected chi connectivity index (χ0v) is 17.0. The number of benzene rings is 2. The summed E-state index contributed by atoms with van der Waals surface area (Å²) < 4.78 is 11.8. The van der Waals surface area contributed by atoms with Crippen LogP contribution in [0.15, 0.2) is 47.5 Å². The second-order valence-electron chi connectivity index (χ2n) is 7.66. The van der Waals surface area contributed by atoms with Crippen LogP contribution < -0.4 is 9.47 Å². The molecule has 0 aromatic heterocycles. The van der Waals surface area contributed by atoms with Crippen LogP contribution >= 0.6 is 0 Å². The van der Waals surface area contributed by atoms with Gasteiger partial charge in [-0.05, 0) is 56.2 Å². The van der Waals surface area contributed by atoms with Gasteiger partial charge in [-0.25, -0.2) is 0 Å². The molecule has 3 nitrogen and oxygen atoms in total. The van der Waals surface area contributed by atoms with Crippen molar-refractivity contribution < 1.29 is 9.47 Å². The van der Waals surface area contributed by atoms with E-state index in [1.807, 2.05) is 31.3 Å². The van der Waals surface area contributed by atoms with Crippen LogP contribution in [0.1, 0.15) is 53.1 Å². The zero-order valence-electron chi connectivity index (χ0n) is 17.0. The second kappa shape index (κ2) is 8.39. The molecule has 0 aliphatic heterocycles. The quantitative estimate of drug-likeness (QED) is 0.568. The van der Waals surface area contributed by atoms with Crippen LogP contribution in [-0.4, -0.2) is 19.4 Å². The molecule has 0 radical (unpaired) electrons. The monoisotopic (exact) mass is 353 g/mol. The van der Waals surface area contributed by atoms with Crippen molar-refractivity contribution in [3.05, 3.63) is 48.0 Å². The van der Waals surface area contributed by atoms with E-state index in [1.54, 1.807) is 7.11 Å². The highest BCUT2D eigenvalue weighted by Gasteiger charge is 2.24. The van der Waals surface area contributed by atoms with Gasteiger partial charge in [0, 0.05) is 11.1 Å². The van der Waals surface area contributed by atoms with Gasteiger partial charge in [0.1, 0.15) is 17.6 Å². The molecule has 0 aliphatic carbocycles. The van der Waals surface area contributed by atoms with Gasteiger partial charge in [-0.2, -0.15) is 0 Å². The minimum absolute atomic E-state index is 0.0248. The highest BCUT2D eigenvalue weighted by atomic mass is 16.5. The van der Waals surface area contributed by atoms with Crippen LogP contribution in [-0.2, 0) is 0 Å². The summed E-state index contributed by atoms with van der Waals surface area (Å²) in [4.78, 5) is 4.57. The van der Waals surface area contributed by atoms with E-state index in [0.29, 0.717) is 0 Å². The number of nitrogens with zero attached hydrogens (tertiary/aromatic N) is 1. The Morgan fingerprint density at radius 2 is 1.69 bits per heavy atom. The molecule has 3 heteroatoms. The number of para-hydroxylation sites is 1. The Labute approximate surface area is 158 Å². The van der Waals surface area contributed by atoms with E-state index in [9.17, 15) is 0 Å². The molecule has 0 bridgehead atoms. The highest BCUT2D eigenvalue weighted by Crippen LogP contribution is 2.37. The van der Waals surface area contributed by atoms with Gasteiger partial charge < -0.3 is 9.47 Å². The van der Waals surface area contributed by atoms with Gasteiger partial charge >= 0.3 is 0 Å². The van der Waals surface area contributed by atoms with Crippen molar-refractivity contribution in [2.24, 2.45) is 10.4 Å². The molecular weight excluding hydrogens is 322 g/mol. The number of ether oxygens (including phenoxy) is 2. The summed E-state index contributed by atoms with van der Waals surface area (Å²) in [5.74, 6) is 1.76. The number of hydrogen-bond donors (Lipinski definition) is 0. The topological polar surface area (TPSA) is 30.8 Å². The van der Waals surface area contributed by atoms with Crippen molar-refractivity contribution in [3.8, 4) is 22.6 Å². The summed E-state index contributed by atoms with van der Waals surface area (Å²) in [5.41, 5.74) is 3.32. The molecule has 0 spiro atoms. The molecular formula is C23H31NO2. The molecule has 2 aromatic carbocycles. The molecule has 0 heterocycles. The molecule has 2 rings (SSSR count). The third-order valence-corrected chi connectivity index (χ3v) is 4.77. The molecule has 2 unspecified atom stereocenters. The molecule has 0 aliphatic rings. The Morgan fingerprint density at radius 1 is 1.00 bits per heavy atom. The van der Waals surface area contributed by atoms with Crippen molar-refractivity contribution in [1.29, 1.82) is 0 Å². The number of rotatable bonds is 6. The molecule has 2 atom stereocenters. The van der Waals surface area contributed by atoms with Gasteiger partial charge in [0.05, 0.1) is 13.2 Å². The fourth-order valence-electron chi connectivity index (χ4n) is 2.70. The molecule has 0 N–H and O–H groups in total. The van der Waals surface area contributed by atoms with Gasteiger partial charge in [0.15, 0.2) is 0 Å². The van der Waals surface area contributed by atoms with E-state index in [-0.39, 0.29) is 17.6 Å². The minimum Gasteiger partial charge on any atom is -0.496 e. The highest BCUT2D eigenvalue weighted by molar-refractivity contribution is 5.72. The SMILES string of the molecule is CC=NC(C)c1cc(-c2ccccc2OC)ccc1OC(C)C(C)(C)C. The summed E-state index contributed by atoms with van der Waals surface area (Å²) in [7, 11) is 1.70. The van der Waals surface area contributed by atoms with Crippen molar-refractivity contribution in [3.63, 3.8) is 0 Å². The first-order valence-electron chi connectivity index (χ1n) is 9.19. The van der Waals surface area contributed by atoms with E-state index < -0.39 is 0 Å². The fourth-order valence-corrected chi connectivity index (χ4v) is 2.70. The van der Waals surface area contributed by atoms with E-state index in [2.05, 4.69) is 63.9 Å². The predicted octanol–water partition coefficient (Wildman–Crippen LogP) is 6.33. The van der Waals surface area contributed by atoms with E-state index >= 15 is 0 Å². The van der Waals surface area contributed by atoms with Crippen LogP contribution in [0.25, 0.3) is 11.1 Å². The predicted molar refractivity (Wildman–Crippen MR) is 111 cm³/mol. The molecule has 0 amide bonds. The van der Waals surface area contributed by atoms with Crippen LogP contribution in [0.5, 0.6) is 11.5 Å². The van der Waals surface area contributed by atoms with Crippen molar-refractivity contribution >= 4 is 6.21 Å². The van der Waals surface area contributed by atoms with Crippen molar-refractivity contribution in [2.45, 2.75) is 53.7 Å². The van der Waals surface area contributed by atoms with Crippen molar-refractivity contribution in [2.75, 3.05) is 7.11 Å². The van der Waals surface area contributed by atoms with Crippen LogP contribution in [0.3, 0.4) is 0 Å². The number of hydrogen-bond acceptors (Lipinski definition) is 3. The fraction of sp³-hybridized carbons (Fsp3) is 0.435. The first kappa shape index (κ1) is 20.0. The molecule has 0 saturated carbocycles. The minimum atomic E-state index is 0.0248. The van der Waals surface area contributed by atoms with Crippen LogP contribution in [0.4, 0.5) is 0 Å². The Bertz CT molecular complexity index is 759. The number of methoxy groups -OCH3 is 1. The second-order valence-corrected chi connectivity index (χ2v) is 7.66. The zero-order chi connectivity index (χ0) is 19.3. The maximum absolute atomic E-state index is 6.32. The lowest BCUT2D eigenvalue weighted by Crippen LogP contribution is -2.29. The molecule has 140 valence electrons. The average molecular weight is 354 g/mol. The lowest BCUT2D eigenvalue weighted by atomic mass is 9.90. The van der Waals surface area contributed by atoms with E-state index in [4.69, 9.17) is 9.47 Å². The first-order chi connectivity index (χ1) is 12.3. The molecule has 0 fully saturated rings. The summed E-state index contributed by atoms with van der Waals surface area (Å²) in [6, 6.07) is 14.4. The normalized spacial score (nSPS) is 14.3. The standard InChI is InChI=1S/C23H31NO2/c1-8-24-16(2)20-15-18(19-11-9-10-12-21(19)25-7)13-14-22(20)26-17(3)23(4,5)6/h8-17H,1-7H3. The van der Waals surface area contributed by atoms with E-state index in [1.165, 1.54) is 0 Å². The number of aliphatic imine (C=N–C) groups is 1. The Balaban J connectivity index is 2.51. The molecule has 2 aromatic rings. The maximum atomic E-state index is 6.32. The Kier molecular flexibility index (Phi) is 6.47. The largest absolute Gasteiger partial charge is 0.496 e. The summed E-state index contributed by atoms with van der Waals surface area (Å²) in [5, 5.41) is 0. The van der Waals surface area contributed by atoms with Gasteiger partial charge in [0.25, 0.3) is 0 Å². The lowest BCUT2D eigenvalue weighted by Gasteiger charge is -2.29. The maximum Gasteiger partial charge on any atom is 0.126 e. The summed E-state index contributed by atoms with van der Waals surface area (Å²) in [6.07, 6.45) is 1.94. The average Bonchev–Trinajstić information content (AvgIpc) is 2.61. The van der Waals surface area contributed by atoms with Gasteiger partial charge in [-0.15, -0.1) is 0 Å². The third-order valence-electron chi connectivity index (χ3n) is 4.77. The van der Waals surface area contributed by atoms with Crippen molar-refractivity contribution in [1.82, 2.24) is 0 Å². The van der Waals surface area contributed by atoms with Crippen LogP contribution in [0, 0.1) is 5.41 Å². The summed E-state index contributed by atoms with van der Waals surface area (Å²) >= 11 is 0. The molecule has 0 saturated heterocycles. The smallest absolute Gasteiger partial charge is 0.126 e. The summed E-state index contributed by atoms with van der Waals surface area (Å²) in [6.45, 7) is 12.7. The third kappa shape index (κ3) is 4.66. The first-order valence-corrected chi connectivity index (χ1v) is 9.19. The Hall–Kier alpha value is -2.29. The van der Waals surface area contributed by atoms with E-state index in [0.717, 1.165) is 28.2 Å². The molecule has 26 heavy (non-hydrogen) atoms. The Morgan fingerprint density at radius 3 is 2.31 bits per heavy atom. The lowest BCUT2D eigenvalue weighted by molar-refractivity contribution is 0.102. The van der Waals surface area contributed by atoms with Crippen LogP contribution in [0.2, 0.25) is 0 Å². The van der Waals surface area contributed by atoms with Gasteiger partial charge in [-0.1, -0.05) is 45.0 Å².